The van der Waals surface area contributed by atoms with Crippen molar-refractivity contribution in [3.05, 3.63) is 51.2 Å². The summed E-state index contributed by atoms with van der Waals surface area (Å²) in [6, 6.07) is 7.13. The maximum atomic E-state index is 9.62. The number of phenols is 1. The number of anilines is 1. The molecule has 0 unspecified atom stereocenters. The molecule has 3 N–H and O–H groups in total. The third-order valence-electron chi connectivity index (χ3n) is 2.34. The number of hydrogen-bond acceptors (Lipinski definition) is 4. The van der Waals surface area contributed by atoms with Gasteiger partial charge in [0.05, 0.1) is 27.0 Å². The molecular weight excluding hydrogens is 420 g/mol. The van der Waals surface area contributed by atoms with E-state index in [4.69, 9.17) is 12.2 Å². The van der Waals surface area contributed by atoms with Gasteiger partial charge in [0, 0.05) is 6.20 Å². The summed E-state index contributed by atoms with van der Waals surface area (Å²) < 4.78 is 1.16. The summed E-state index contributed by atoms with van der Waals surface area (Å²) in [7, 11) is 0. The number of nitrogens with zero attached hydrogens (tertiary/aromatic N) is 2. The first-order valence-corrected chi connectivity index (χ1v) is 7.74. The van der Waals surface area contributed by atoms with Crippen LogP contribution in [0.5, 0.6) is 5.75 Å². The van der Waals surface area contributed by atoms with Crippen LogP contribution in [0, 0.1) is 0 Å². The molecule has 1 aromatic carbocycles. The Morgan fingerprint density at radius 2 is 2.05 bits per heavy atom. The van der Waals surface area contributed by atoms with E-state index < -0.39 is 0 Å². The third kappa shape index (κ3) is 4.76. The molecule has 0 radical (unpaired) electrons. The van der Waals surface area contributed by atoms with Crippen molar-refractivity contribution in [2.45, 2.75) is 0 Å². The molecular formula is C13H10Br2N4OS. The number of pyridine rings is 1. The van der Waals surface area contributed by atoms with E-state index in [1.807, 2.05) is 6.07 Å². The smallest absolute Gasteiger partial charge is 0.191 e. The molecule has 0 saturated heterocycles. The van der Waals surface area contributed by atoms with Crippen molar-refractivity contribution in [2.24, 2.45) is 5.10 Å². The molecule has 0 bridgehead atoms. The van der Waals surface area contributed by atoms with Crippen LogP contribution in [0.4, 0.5) is 5.69 Å². The maximum Gasteiger partial charge on any atom is 0.191 e. The van der Waals surface area contributed by atoms with Crippen molar-refractivity contribution >= 4 is 61.1 Å². The minimum Gasteiger partial charge on any atom is -0.506 e. The van der Waals surface area contributed by atoms with Gasteiger partial charge in [-0.2, -0.15) is 5.10 Å². The van der Waals surface area contributed by atoms with E-state index in [0.29, 0.717) is 14.1 Å². The molecule has 1 heterocycles. The van der Waals surface area contributed by atoms with Crippen LogP contribution in [0.1, 0.15) is 5.56 Å². The maximum absolute atomic E-state index is 9.62. The van der Waals surface area contributed by atoms with Crippen LogP contribution in [-0.4, -0.2) is 21.4 Å². The number of thiocarbonyl (C=S) groups is 1. The Morgan fingerprint density at radius 3 is 2.67 bits per heavy atom. The molecule has 0 amide bonds. The summed E-state index contributed by atoms with van der Waals surface area (Å²) in [6.45, 7) is 0. The zero-order valence-electron chi connectivity index (χ0n) is 10.5. The minimum absolute atomic E-state index is 0.147. The Kier molecular flexibility index (Phi) is 5.66. The second-order valence-electron chi connectivity index (χ2n) is 3.90. The Bertz CT molecular complexity index is 656. The summed E-state index contributed by atoms with van der Waals surface area (Å²) in [4.78, 5) is 3.97. The number of benzene rings is 1. The highest BCUT2D eigenvalue weighted by molar-refractivity contribution is 9.11. The molecule has 8 heteroatoms. The number of phenolic OH excluding ortho intramolecular Hbond substituents is 1. The SMILES string of the molecule is Oc1c(Br)cc(/C=N/NC(=S)Nc2cccnc2)cc1Br. The van der Waals surface area contributed by atoms with Crippen LogP contribution in [0.3, 0.4) is 0 Å². The predicted molar refractivity (Wildman–Crippen MR) is 94.7 cm³/mol. The fourth-order valence-electron chi connectivity index (χ4n) is 1.42. The van der Waals surface area contributed by atoms with Gasteiger partial charge in [0.15, 0.2) is 5.11 Å². The molecule has 5 nitrogen and oxygen atoms in total. The quantitative estimate of drug-likeness (QED) is 0.394. The van der Waals surface area contributed by atoms with Crippen LogP contribution in [0.15, 0.2) is 50.7 Å². The standard InChI is InChI=1S/C13H10Br2N4OS/c14-10-4-8(5-11(15)12(10)20)6-17-19-13(21)18-9-2-1-3-16-7-9/h1-7,20H,(H2,18,19,21)/b17-6+. The number of nitrogens with one attached hydrogen (secondary N) is 2. The van der Waals surface area contributed by atoms with Gasteiger partial charge in [0.1, 0.15) is 5.75 Å². The number of hydrazone groups is 1. The second-order valence-corrected chi connectivity index (χ2v) is 6.02. The summed E-state index contributed by atoms with van der Waals surface area (Å²) in [6.07, 6.45) is 4.93. The Balaban J connectivity index is 1.95. The zero-order valence-corrected chi connectivity index (χ0v) is 14.5. The summed E-state index contributed by atoms with van der Waals surface area (Å²) in [5, 5.41) is 16.9. The lowest BCUT2D eigenvalue weighted by atomic mass is 10.2. The number of rotatable bonds is 3. The first kappa shape index (κ1) is 15.9. The summed E-state index contributed by atoms with van der Waals surface area (Å²) >= 11 is 11.6. The van der Waals surface area contributed by atoms with E-state index in [9.17, 15) is 5.11 Å². The zero-order chi connectivity index (χ0) is 15.2. The van der Waals surface area contributed by atoms with E-state index in [1.165, 1.54) is 0 Å². The molecule has 0 saturated carbocycles. The molecule has 0 fully saturated rings. The van der Waals surface area contributed by atoms with Crippen molar-refractivity contribution in [3.8, 4) is 5.75 Å². The largest absolute Gasteiger partial charge is 0.506 e. The predicted octanol–water partition coefficient (Wildman–Crippen LogP) is 3.63. The van der Waals surface area contributed by atoms with Crippen LogP contribution in [0.25, 0.3) is 0 Å². The molecule has 0 aliphatic carbocycles. The van der Waals surface area contributed by atoms with Gasteiger partial charge in [-0.1, -0.05) is 0 Å². The average Bonchev–Trinajstić information content (AvgIpc) is 2.45. The fourth-order valence-corrected chi connectivity index (χ4v) is 2.81. The average molecular weight is 430 g/mol. The van der Waals surface area contributed by atoms with E-state index in [-0.39, 0.29) is 5.75 Å². The Morgan fingerprint density at radius 1 is 1.33 bits per heavy atom. The topological polar surface area (TPSA) is 69.5 Å². The lowest BCUT2D eigenvalue weighted by Crippen LogP contribution is -2.23. The van der Waals surface area contributed by atoms with Crippen molar-refractivity contribution in [2.75, 3.05) is 5.32 Å². The molecule has 21 heavy (non-hydrogen) atoms. The van der Waals surface area contributed by atoms with Crippen molar-refractivity contribution in [1.29, 1.82) is 0 Å². The molecule has 0 aliphatic rings. The van der Waals surface area contributed by atoms with Crippen LogP contribution >= 0.6 is 44.1 Å². The monoisotopic (exact) mass is 428 g/mol. The highest BCUT2D eigenvalue weighted by atomic mass is 79.9. The molecule has 2 aromatic rings. The Labute approximate surface area is 143 Å². The highest BCUT2D eigenvalue weighted by Crippen LogP contribution is 2.32. The van der Waals surface area contributed by atoms with Crippen LogP contribution < -0.4 is 10.7 Å². The first-order valence-electron chi connectivity index (χ1n) is 5.74. The molecule has 0 aliphatic heterocycles. The van der Waals surface area contributed by atoms with E-state index in [2.05, 4.69) is 52.7 Å². The van der Waals surface area contributed by atoms with Crippen LogP contribution in [0.2, 0.25) is 0 Å². The van der Waals surface area contributed by atoms with Crippen molar-refractivity contribution < 1.29 is 5.11 Å². The van der Waals surface area contributed by atoms with Crippen LogP contribution in [-0.2, 0) is 0 Å². The van der Waals surface area contributed by atoms with Gasteiger partial charge in [-0.25, -0.2) is 0 Å². The van der Waals surface area contributed by atoms with Crippen molar-refractivity contribution in [3.63, 3.8) is 0 Å². The van der Waals surface area contributed by atoms with Gasteiger partial charge in [-0.15, -0.1) is 0 Å². The highest BCUT2D eigenvalue weighted by Gasteiger charge is 2.04. The third-order valence-corrected chi connectivity index (χ3v) is 3.74. The van der Waals surface area contributed by atoms with Gasteiger partial charge in [-0.05, 0) is 73.9 Å². The van der Waals surface area contributed by atoms with Crippen molar-refractivity contribution in [1.82, 2.24) is 10.4 Å². The number of aromatic hydroxyl groups is 1. The summed E-state index contributed by atoms with van der Waals surface area (Å²) in [5.41, 5.74) is 4.27. The lowest BCUT2D eigenvalue weighted by Gasteiger charge is -2.06. The number of aromatic nitrogens is 1. The second kappa shape index (κ2) is 7.48. The van der Waals surface area contributed by atoms with Gasteiger partial charge in [0.25, 0.3) is 0 Å². The fraction of sp³-hybridized carbons (Fsp3) is 0. The minimum atomic E-state index is 0.147. The lowest BCUT2D eigenvalue weighted by molar-refractivity contribution is 0.468. The molecule has 1 aromatic heterocycles. The van der Waals surface area contributed by atoms with Gasteiger partial charge in [0.2, 0.25) is 0 Å². The number of hydrogen-bond donors (Lipinski definition) is 3. The first-order chi connectivity index (χ1) is 10.1. The summed E-state index contributed by atoms with van der Waals surface area (Å²) in [5.74, 6) is 0.147. The molecule has 0 atom stereocenters. The molecule has 108 valence electrons. The van der Waals surface area contributed by atoms with E-state index in [1.54, 1.807) is 36.8 Å². The Hall–Kier alpha value is -1.51. The van der Waals surface area contributed by atoms with E-state index in [0.717, 1.165) is 11.3 Å². The van der Waals surface area contributed by atoms with Gasteiger partial charge < -0.3 is 10.4 Å². The van der Waals surface area contributed by atoms with Gasteiger partial charge in [-0.3, -0.25) is 10.4 Å². The normalized spacial score (nSPS) is 10.6. The van der Waals surface area contributed by atoms with Gasteiger partial charge >= 0.3 is 0 Å². The van der Waals surface area contributed by atoms with E-state index >= 15 is 0 Å². The molecule has 0 spiro atoms. The number of halogens is 2. The molecule has 2 rings (SSSR count).